The van der Waals surface area contributed by atoms with Crippen molar-refractivity contribution in [2.45, 2.75) is 0 Å². The summed E-state index contributed by atoms with van der Waals surface area (Å²) in [5.74, 6) is 1.84. The molecule has 2 amide bonds. The topological polar surface area (TPSA) is 79.0 Å². The number of benzene rings is 4. The van der Waals surface area contributed by atoms with Crippen molar-refractivity contribution < 1.29 is 9.53 Å². The highest BCUT2D eigenvalue weighted by atomic mass is 35.5. The van der Waals surface area contributed by atoms with Crippen LogP contribution in [0.4, 0.5) is 16.3 Å². The van der Waals surface area contributed by atoms with E-state index in [0.717, 1.165) is 27.8 Å². The second-order valence-corrected chi connectivity index (χ2v) is 7.74. The van der Waals surface area contributed by atoms with Crippen LogP contribution in [0.1, 0.15) is 0 Å². The Balaban J connectivity index is 1.30. The normalized spacial score (nSPS) is 10.7. The highest BCUT2D eigenvalue weighted by Gasteiger charge is 2.13. The second-order valence-electron chi connectivity index (χ2n) is 7.33. The molecule has 0 spiro atoms. The lowest BCUT2D eigenvalue weighted by molar-refractivity contribution is 0.262. The highest BCUT2D eigenvalue weighted by Crippen LogP contribution is 2.34. The quantitative estimate of drug-likeness (QED) is 0.260. The van der Waals surface area contributed by atoms with Gasteiger partial charge in [0.25, 0.3) is 0 Å². The predicted molar refractivity (Wildman–Crippen MR) is 132 cm³/mol. The first-order chi connectivity index (χ1) is 16.2. The van der Waals surface area contributed by atoms with Gasteiger partial charge in [0.15, 0.2) is 5.82 Å². The molecule has 162 valence electrons. The molecule has 6 nitrogen and oxygen atoms in total. The summed E-state index contributed by atoms with van der Waals surface area (Å²) in [6, 6.07) is 29.8. The van der Waals surface area contributed by atoms with Crippen LogP contribution in [0.2, 0.25) is 5.02 Å². The van der Waals surface area contributed by atoms with E-state index in [1.807, 2.05) is 66.7 Å². The Morgan fingerprint density at radius 3 is 2.21 bits per heavy atom. The van der Waals surface area contributed by atoms with E-state index in [9.17, 15) is 4.79 Å². The summed E-state index contributed by atoms with van der Waals surface area (Å²) in [6.45, 7) is 0. The minimum Gasteiger partial charge on any atom is -0.457 e. The van der Waals surface area contributed by atoms with Gasteiger partial charge in [-0.1, -0.05) is 60.1 Å². The molecule has 1 heterocycles. The summed E-state index contributed by atoms with van der Waals surface area (Å²) in [4.78, 5) is 12.6. The fourth-order valence-electron chi connectivity index (χ4n) is 3.47. The van der Waals surface area contributed by atoms with Gasteiger partial charge in [-0.05, 0) is 54.1 Å². The molecule has 0 saturated carbocycles. The SMILES string of the molecule is O=C(Nc1ccc(Oc2ccccc2)cc1)Nc1n[nH]c2cc(Cl)c(-c3ccccc3)cc12. The van der Waals surface area contributed by atoms with Crippen LogP contribution in [-0.2, 0) is 0 Å². The van der Waals surface area contributed by atoms with Gasteiger partial charge in [0.2, 0.25) is 0 Å². The predicted octanol–water partition coefficient (Wildman–Crippen LogP) is 7.32. The van der Waals surface area contributed by atoms with E-state index in [0.29, 0.717) is 22.3 Å². The molecule has 0 fully saturated rings. The summed E-state index contributed by atoms with van der Waals surface area (Å²) in [5.41, 5.74) is 3.21. The highest BCUT2D eigenvalue weighted by molar-refractivity contribution is 6.34. The summed E-state index contributed by atoms with van der Waals surface area (Å²) >= 11 is 6.47. The van der Waals surface area contributed by atoms with Crippen LogP contribution in [0, 0.1) is 0 Å². The van der Waals surface area contributed by atoms with E-state index in [2.05, 4.69) is 20.8 Å². The van der Waals surface area contributed by atoms with E-state index in [4.69, 9.17) is 16.3 Å². The molecule has 0 saturated heterocycles. The van der Waals surface area contributed by atoms with E-state index in [-0.39, 0.29) is 0 Å². The average Bonchev–Trinajstić information content (AvgIpc) is 3.22. The molecule has 0 aliphatic rings. The van der Waals surface area contributed by atoms with Crippen LogP contribution in [0.25, 0.3) is 22.0 Å². The Kier molecular flexibility index (Phi) is 5.66. The molecule has 5 aromatic rings. The van der Waals surface area contributed by atoms with Crippen molar-refractivity contribution in [3.63, 3.8) is 0 Å². The molecule has 0 atom stereocenters. The molecule has 0 unspecified atom stereocenters. The largest absolute Gasteiger partial charge is 0.457 e. The molecule has 3 N–H and O–H groups in total. The van der Waals surface area contributed by atoms with E-state index >= 15 is 0 Å². The zero-order valence-electron chi connectivity index (χ0n) is 17.4. The van der Waals surface area contributed by atoms with E-state index in [1.54, 1.807) is 30.3 Å². The zero-order valence-corrected chi connectivity index (χ0v) is 18.1. The first-order valence-corrected chi connectivity index (χ1v) is 10.7. The van der Waals surface area contributed by atoms with Crippen molar-refractivity contribution in [3.8, 4) is 22.6 Å². The summed E-state index contributed by atoms with van der Waals surface area (Å²) in [7, 11) is 0. The Morgan fingerprint density at radius 2 is 1.48 bits per heavy atom. The third kappa shape index (κ3) is 4.66. The Hall–Kier alpha value is -4.29. The van der Waals surface area contributed by atoms with Crippen molar-refractivity contribution in [3.05, 3.63) is 102 Å². The minimum atomic E-state index is -0.406. The number of halogens is 1. The number of rotatable bonds is 5. The van der Waals surface area contributed by atoms with Gasteiger partial charge in [0.1, 0.15) is 11.5 Å². The molecule has 0 bridgehead atoms. The number of anilines is 2. The van der Waals surface area contributed by atoms with Crippen molar-refractivity contribution in [1.82, 2.24) is 10.2 Å². The number of ether oxygens (including phenoxy) is 1. The number of hydrogen-bond donors (Lipinski definition) is 3. The molecule has 0 aliphatic heterocycles. The van der Waals surface area contributed by atoms with Crippen LogP contribution in [0.15, 0.2) is 97.1 Å². The van der Waals surface area contributed by atoms with Gasteiger partial charge < -0.3 is 10.1 Å². The molecule has 1 aromatic heterocycles. The van der Waals surface area contributed by atoms with Crippen LogP contribution in [-0.4, -0.2) is 16.2 Å². The molecule has 5 rings (SSSR count). The molecular formula is C26H19ClN4O2. The maximum atomic E-state index is 12.6. The number of urea groups is 1. The lowest BCUT2D eigenvalue weighted by atomic mass is 10.0. The van der Waals surface area contributed by atoms with Gasteiger partial charge in [-0.2, -0.15) is 5.10 Å². The molecular weight excluding hydrogens is 436 g/mol. The average molecular weight is 455 g/mol. The standard InChI is InChI=1S/C26H19ClN4O2/c27-23-16-24-22(15-21(23)17-7-3-1-4-8-17)25(31-30-24)29-26(32)28-18-11-13-20(14-12-18)33-19-9-5-2-6-10-19/h1-16H,(H3,28,29,30,31,32). The minimum absolute atomic E-state index is 0.406. The number of hydrogen-bond acceptors (Lipinski definition) is 3. The fourth-order valence-corrected chi connectivity index (χ4v) is 3.75. The number of carbonyl (C=O) groups excluding carboxylic acids is 1. The van der Waals surface area contributed by atoms with Crippen LogP contribution < -0.4 is 15.4 Å². The lowest BCUT2D eigenvalue weighted by Gasteiger charge is -2.09. The van der Waals surface area contributed by atoms with E-state index in [1.165, 1.54) is 0 Å². The van der Waals surface area contributed by atoms with Gasteiger partial charge >= 0.3 is 6.03 Å². The second kappa shape index (κ2) is 9.06. The molecule has 0 radical (unpaired) electrons. The summed E-state index contributed by atoms with van der Waals surface area (Å²) in [6.07, 6.45) is 0. The first-order valence-electron chi connectivity index (χ1n) is 10.3. The monoisotopic (exact) mass is 454 g/mol. The number of nitrogens with one attached hydrogen (secondary N) is 3. The van der Waals surface area contributed by atoms with Gasteiger partial charge in [-0.15, -0.1) is 0 Å². The number of para-hydroxylation sites is 1. The van der Waals surface area contributed by atoms with Crippen LogP contribution >= 0.6 is 11.6 Å². The van der Waals surface area contributed by atoms with Gasteiger partial charge in [0, 0.05) is 16.6 Å². The summed E-state index contributed by atoms with van der Waals surface area (Å²) < 4.78 is 5.78. The number of aromatic amines is 1. The maximum Gasteiger partial charge on any atom is 0.324 e. The smallest absolute Gasteiger partial charge is 0.324 e. The van der Waals surface area contributed by atoms with Crippen LogP contribution in [0.3, 0.4) is 0 Å². The Labute approximate surface area is 195 Å². The lowest BCUT2D eigenvalue weighted by Crippen LogP contribution is -2.19. The Bertz CT molecular complexity index is 1400. The third-order valence-electron chi connectivity index (χ3n) is 5.06. The number of nitrogens with zero attached hydrogens (tertiary/aromatic N) is 1. The van der Waals surface area contributed by atoms with Gasteiger partial charge in [0.05, 0.1) is 10.5 Å². The van der Waals surface area contributed by atoms with Crippen molar-refractivity contribution >= 4 is 40.0 Å². The Morgan fingerprint density at radius 1 is 0.818 bits per heavy atom. The number of H-pyrrole nitrogens is 1. The van der Waals surface area contributed by atoms with E-state index < -0.39 is 6.03 Å². The van der Waals surface area contributed by atoms with Gasteiger partial charge in [-0.25, -0.2) is 4.79 Å². The molecule has 33 heavy (non-hydrogen) atoms. The van der Waals surface area contributed by atoms with Gasteiger partial charge in [-0.3, -0.25) is 10.4 Å². The number of aromatic nitrogens is 2. The van der Waals surface area contributed by atoms with Crippen molar-refractivity contribution in [2.75, 3.05) is 10.6 Å². The third-order valence-corrected chi connectivity index (χ3v) is 5.37. The number of fused-ring (bicyclic) bond motifs is 1. The first kappa shape index (κ1) is 20.6. The van der Waals surface area contributed by atoms with Crippen LogP contribution in [0.5, 0.6) is 11.5 Å². The van der Waals surface area contributed by atoms with Crippen molar-refractivity contribution in [2.24, 2.45) is 0 Å². The zero-order chi connectivity index (χ0) is 22.6. The number of carbonyl (C=O) groups is 1. The number of amides is 2. The fraction of sp³-hybridized carbons (Fsp3) is 0. The maximum absolute atomic E-state index is 12.6. The molecule has 4 aromatic carbocycles. The van der Waals surface area contributed by atoms with Crippen molar-refractivity contribution in [1.29, 1.82) is 0 Å². The molecule has 7 heteroatoms. The summed E-state index contributed by atoms with van der Waals surface area (Å²) in [5, 5.41) is 14.1. The molecule has 0 aliphatic carbocycles.